The van der Waals surface area contributed by atoms with Gasteiger partial charge in [0, 0.05) is 6.42 Å². The number of ether oxygens (including phenoxy) is 2. The molecule has 1 aromatic rings. The summed E-state index contributed by atoms with van der Waals surface area (Å²) in [5.41, 5.74) is -0.0336. The molecule has 7 nitrogen and oxygen atoms in total. The Morgan fingerprint density at radius 1 is 1.24 bits per heavy atom. The van der Waals surface area contributed by atoms with E-state index in [4.69, 9.17) is 9.47 Å². The van der Waals surface area contributed by atoms with E-state index in [9.17, 15) is 19.5 Å². The van der Waals surface area contributed by atoms with E-state index < -0.39 is 35.7 Å². The summed E-state index contributed by atoms with van der Waals surface area (Å²) in [6.45, 7) is 5.01. The Labute approximate surface area is 146 Å². The van der Waals surface area contributed by atoms with Gasteiger partial charge in [-0.05, 0) is 26.3 Å². The molecule has 1 aliphatic rings. The smallest absolute Gasteiger partial charge is 0.417 e. The van der Waals surface area contributed by atoms with Crippen molar-refractivity contribution >= 4 is 18.0 Å². The Bertz CT molecular complexity index is 637. The van der Waals surface area contributed by atoms with Gasteiger partial charge in [0.1, 0.15) is 18.2 Å². The Hall–Kier alpha value is -2.41. The van der Waals surface area contributed by atoms with Crippen molar-refractivity contribution < 1.29 is 29.0 Å². The predicted molar refractivity (Wildman–Crippen MR) is 88.3 cm³/mol. The molecule has 0 aliphatic carbocycles. The lowest BCUT2D eigenvalue weighted by atomic mass is 9.99. The van der Waals surface area contributed by atoms with Crippen molar-refractivity contribution in [3.05, 3.63) is 35.9 Å². The zero-order chi connectivity index (χ0) is 18.6. The van der Waals surface area contributed by atoms with Gasteiger partial charge in [-0.15, -0.1) is 0 Å². The minimum absolute atomic E-state index is 0.0165. The summed E-state index contributed by atoms with van der Waals surface area (Å²) in [5.74, 6) is -1.41. The van der Waals surface area contributed by atoms with Crippen LogP contribution in [-0.2, 0) is 25.7 Å². The first-order valence-corrected chi connectivity index (χ1v) is 8.11. The van der Waals surface area contributed by atoms with Gasteiger partial charge in [-0.1, -0.05) is 30.3 Å². The molecule has 0 bridgehead atoms. The van der Waals surface area contributed by atoms with Crippen molar-refractivity contribution in [3.63, 3.8) is 0 Å². The first-order valence-electron chi connectivity index (χ1n) is 8.11. The number of piperidine rings is 1. The number of imide groups is 1. The monoisotopic (exact) mass is 349 g/mol. The number of hydrogen-bond acceptors (Lipinski definition) is 6. The topological polar surface area (TPSA) is 93.1 Å². The third kappa shape index (κ3) is 5.29. The fourth-order valence-corrected chi connectivity index (χ4v) is 2.49. The molecule has 2 atom stereocenters. The number of benzene rings is 1. The van der Waals surface area contributed by atoms with Crippen LogP contribution in [0, 0.1) is 0 Å². The van der Waals surface area contributed by atoms with Gasteiger partial charge in [0.25, 0.3) is 0 Å². The Morgan fingerprint density at radius 3 is 2.48 bits per heavy atom. The van der Waals surface area contributed by atoms with Gasteiger partial charge in [0.15, 0.2) is 0 Å². The SMILES string of the molecule is CC(C)(C)OC(=O)N1C(=O)C[C@@H](O)C[C@H]1C(=O)OCc1ccccc1. The molecule has 0 aromatic heterocycles. The number of carbonyl (C=O) groups is 3. The maximum atomic E-state index is 12.4. The summed E-state index contributed by atoms with van der Waals surface area (Å²) >= 11 is 0. The molecule has 7 heteroatoms. The largest absolute Gasteiger partial charge is 0.459 e. The molecule has 0 radical (unpaired) electrons. The summed E-state index contributed by atoms with van der Waals surface area (Å²) in [5, 5.41) is 9.81. The molecule has 1 saturated heterocycles. The number of esters is 1. The second-order valence-electron chi connectivity index (χ2n) is 6.95. The van der Waals surface area contributed by atoms with Crippen LogP contribution in [0.2, 0.25) is 0 Å². The van der Waals surface area contributed by atoms with E-state index >= 15 is 0 Å². The van der Waals surface area contributed by atoms with Crippen LogP contribution in [0.15, 0.2) is 30.3 Å². The van der Waals surface area contributed by atoms with Crippen molar-refractivity contribution in [2.45, 2.75) is 58.0 Å². The molecule has 1 aliphatic heterocycles. The zero-order valence-electron chi connectivity index (χ0n) is 14.6. The Morgan fingerprint density at radius 2 is 1.88 bits per heavy atom. The first-order chi connectivity index (χ1) is 11.7. The van der Waals surface area contributed by atoms with Crippen LogP contribution in [-0.4, -0.2) is 45.7 Å². The number of likely N-dealkylation sites (tertiary alicyclic amines) is 1. The Balaban J connectivity index is 2.11. The molecule has 0 saturated carbocycles. The number of carbonyl (C=O) groups excluding carboxylic acids is 3. The lowest BCUT2D eigenvalue weighted by Crippen LogP contribution is -2.55. The van der Waals surface area contributed by atoms with E-state index in [-0.39, 0.29) is 19.4 Å². The second-order valence-corrected chi connectivity index (χ2v) is 6.95. The average Bonchev–Trinajstić information content (AvgIpc) is 2.51. The summed E-state index contributed by atoms with van der Waals surface area (Å²) in [6, 6.07) is 7.84. The van der Waals surface area contributed by atoms with E-state index in [0.29, 0.717) is 0 Å². The van der Waals surface area contributed by atoms with Gasteiger partial charge in [-0.3, -0.25) is 4.79 Å². The van der Waals surface area contributed by atoms with E-state index in [0.717, 1.165) is 10.5 Å². The van der Waals surface area contributed by atoms with Gasteiger partial charge in [0.05, 0.1) is 12.5 Å². The first kappa shape index (κ1) is 18.9. The summed E-state index contributed by atoms with van der Waals surface area (Å²) in [6.07, 6.45) is -2.22. The van der Waals surface area contributed by atoms with Gasteiger partial charge < -0.3 is 14.6 Å². The Kier molecular flexibility index (Phi) is 5.79. The number of nitrogens with zero attached hydrogens (tertiary/aromatic N) is 1. The van der Waals surface area contributed by atoms with Gasteiger partial charge in [0.2, 0.25) is 5.91 Å². The molecule has 136 valence electrons. The summed E-state index contributed by atoms with van der Waals surface area (Å²) < 4.78 is 10.4. The molecular formula is C18H23NO6. The van der Waals surface area contributed by atoms with E-state index in [1.807, 2.05) is 18.2 Å². The molecule has 0 spiro atoms. The fourth-order valence-electron chi connectivity index (χ4n) is 2.49. The molecule has 25 heavy (non-hydrogen) atoms. The molecule has 1 aromatic carbocycles. The predicted octanol–water partition coefficient (Wildman–Crippen LogP) is 2.02. The fraction of sp³-hybridized carbons (Fsp3) is 0.500. The minimum atomic E-state index is -1.20. The quantitative estimate of drug-likeness (QED) is 0.839. The lowest BCUT2D eigenvalue weighted by Gasteiger charge is -2.35. The zero-order valence-corrected chi connectivity index (χ0v) is 14.6. The lowest BCUT2D eigenvalue weighted by molar-refractivity contribution is -0.161. The van der Waals surface area contributed by atoms with Crippen molar-refractivity contribution in [1.29, 1.82) is 0 Å². The number of amides is 2. The van der Waals surface area contributed by atoms with Crippen LogP contribution >= 0.6 is 0 Å². The van der Waals surface area contributed by atoms with Crippen molar-refractivity contribution in [1.82, 2.24) is 4.90 Å². The minimum Gasteiger partial charge on any atom is -0.459 e. The van der Waals surface area contributed by atoms with Crippen LogP contribution in [0.5, 0.6) is 0 Å². The molecule has 2 rings (SSSR count). The standard InChI is InChI=1S/C18H23NO6/c1-18(2,3)25-17(23)19-14(9-13(20)10-15(19)21)16(22)24-11-12-7-5-4-6-8-12/h4-8,13-14,20H,9-11H2,1-3H3/t13-,14-/m0/s1. The number of aliphatic hydroxyl groups is 1. The van der Waals surface area contributed by atoms with Crippen LogP contribution < -0.4 is 0 Å². The molecule has 1 heterocycles. The molecule has 1 fully saturated rings. The second kappa shape index (κ2) is 7.65. The van der Waals surface area contributed by atoms with Crippen LogP contribution in [0.3, 0.4) is 0 Å². The van der Waals surface area contributed by atoms with Crippen molar-refractivity contribution in [3.8, 4) is 0 Å². The number of rotatable bonds is 3. The van der Waals surface area contributed by atoms with E-state index in [1.54, 1.807) is 32.9 Å². The van der Waals surface area contributed by atoms with Crippen LogP contribution in [0.25, 0.3) is 0 Å². The van der Waals surface area contributed by atoms with Gasteiger partial charge >= 0.3 is 12.1 Å². The average molecular weight is 349 g/mol. The summed E-state index contributed by atoms with van der Waals surface area (Å²) in [4.78, 5) is 37.7. The highest BCUT2D eigenvalue weighted by Gasteiger charge is 2.43. The highest BCUT2D eigenvalue weighted by molar-refractivity contribution is 5.98. The number of hydrogen-bond donors (Lipinski definition) is 1. The molecule has 1 N–H and O–H groups in total. The van der Waals surface area contributed by atoms with Crippen LogP contribution in [0.4, 0.5) is 4.79 Å². The third-order valence-corrected chi connectivity index (χ3v) is 3.57. The molecular weight excluding hydrogens is 326 g/mol. The van der Waals surface area contributed by atoms with Gasteiger partial charge in [-0.2, -0.15) is 0 Å². The van der Waals surface area contributed by atoms with Gasteiger partial charge in [-0.25, -0.2) is 14.5 Å². The maximum Gasteiger partial charge on any atom is 0.417 e. The highest BCUT2D eigenvalue weighted by atomic mass is 16.6. The normalized spacial score (nSPS) is 21.0. The highest BCUT2D eigenvalue weighted by Crippen LogP contribution is 2.23. The molecule has 0 unspecified atom stereocenters. The number of aliphatic hydroxyl groups excluding tert-OH is 1. The van der Waals surface area contributed by atoms with E-state index in [1.165, 1.54) is 0 Å². The van der Waals surface area contributed by atoms with Crippen LogP contribution in [0.1, 0.15) is 39.2 Å². The molecule has 2 amide bonds. The summed E-state index contributed by atoms with van der Waals surface area (Å²) in [7, 11) is 0. The van der Waals surface area contributed by atoms with Crippen molar-refractivity contribution in [2.75, 3.05) is 0 Å². The van der Waals surface area contributed by atoms with Crippen molar-refractivity contribution in [2.24, 2.45) is 0 Å². The maximum absolute atomic E-state index is 12.4. The third-order valence-electron chi connectivity index (χ3n) is 3.57. The van der Waals surface area contributed by atoms with E-state index in [2.05, 4.69) is 0 Å².